The molecule has 0 unspecified atom stereocenters. The number of hydrogen-bond donors (Lipinski definition) is 3. The normalized spacial score (nSPS) is 17.4. The zero-order valence-corrected chi connectivity index (χ0v) is 24.9. The van der Waals surface area contributed by atoms with E-state index < -0.39 is 15.9 Å². The van der Waals surface area contributed by atoms with Crippen LogP contribution >= 0.6 is 11.6 Å². The summed E-state index contributed by atoms with van der Waals surface area (Å²) in [7, 11) is -2.24. The standard InChI is InChI=1S/C23H21ClFN5O2.C7H8O3S/c1-29-27-12-16-9-20-18(21(16)28-29)10-17(24)6-7-30(20)23(32)14-4-5-15(19(25)8-14)11-26-22(31)13-2-3-13;1-6-2-4-7(5-3-6)11(8,9)10/h4-8,10,12-13,28H,2-3,9,11H2,1H3,(H,26,31);2-5H,1H3,(H,8,9,10). The van der Waals surface area contributed by atoms with Gasteiger partial charge >= 0.3 is 0 Å². The third kappa shape index (κ3) is 7.04. The molecule has 6 rings (SSSR count). The third-order valence-corrected chi connectivity index (χ3v) is 8.22. The minimum Gasteiger partial charge on any atom is -0.352 e. The van der Waals surface area contributed by atoms with Gasteiger partial charge < -0.3 is 5.32 Å². The van der Waals surface area contributed by atoms with E-state index >= 15 is 0 Å². The van der Waals surface area contributed by atoms with Crippen LogP contribution in [0.4, 0.5) is 4.39 Å². The Morgan fingerprint density at radius 2 is 1.91 bits per heavy atom. The highest BCUT2D eigenvalue weighted by Gasteiger charge is 2.32. The van der Waals surface area contributed by atoms with Crippen LogP contribution in [0.15, 0.2) is 98.4 Å². The lowest BCUT2D eigenvalue weighted by molar-refractivity contribution is -0.122. The van der Waals surface area contributed by atoms with Crippen molar-refractivity contribution in [1.29, 1.82) is 0 Å². The molecule has 2 aromatic carbocycles. The summed E-state index contributed by atoms with van der Waals surface area (Å²) >= 11 is 6.31. The van der Waals surface area contributed by atoms with Gasteiger partial charge in [0, 0.05) is 65.1 Å². The summed E-state index contributed by atoms with van der Waals surface area (Å²) in [5.74, 6) is -0.896. The van der Waals surface area contributed by atoms with E-state index in [-0.39, 0.29) is 34.7 Å². The van der Waals surface area contributed by atoms with Crippen LogP contribution in [0.3, 0.4) is 0 Å². The van der Waals surface area contributed by atoms with Gasteiger partial charge in [-0.1, -0.05) is 35.4 Å². The Kier molecular flexibility index (Phi) is 8.54. The van der Waals surface area contributed by atoms with Crippen LogP contribution in [0.2, 0.25) is 0 Å². The molecule has 0 bridgehead atoms. The predicted molar refractivity (Wildman–Crippen MR) is 159 cm³/mol. The second-order valence-electron chi connectivity index (χ2n) is 10.4. The maximum Gasteiger partial charge on any atom is 0.294 e. The lowest BCUT2D eigenvalue weighted by Gasteiger charge is -2.22. The molecular formula is C30H29ClFN5O5S. The predicted octanol–water partition coefficient (Wildman–Crippen LogP) is 4.53. The lowest BCUT2D eigenvalue weighted by atomic mass is 10.1. The Morgan fingerprint density at radius 3 is 2.56 bits per heavy atom. The fourth-order valence-corrected chi connectivity index (χ4v) is 5.24. The number of halogens is 2. The third-order valence-electron chi connectivity index (χ3n) is 7.11. The molecule has 13 heteroatoms. The number of carbonyl (C=O) groups is 2. The number of aryl methyl sites for hydroxylation is 1. The van der Waals surface area contributed by atoms with Crippen molar-refractivity contribution in [2.45, 2.75) is 37.6 Å². The lowest BCUT2D eigenvalue weighted by Crippen LogP contribution is -2.33. The molecule has 1 saturated carbocycles. The Hall–Kier alpha value is -4.26. The molecule has 0 atom stereocenters. The van der Waals surface area contributed by atoms with E-state index in [1.807, 2.05) is 6.92 Å². The van der Waals surface area contributed by atoms with Crippen LogP contribution in [-0.4, -0.2) is 48.1 Å². The Labute approximate surface area is 253 Å². The van der Waals surface area contributed by atoms with Crippen molar-refractivity contribution in [3.8, 4) is 0 Å². The Morgan fingerprint density at radius 1 is 1.19 bits per heavy atom. The summed E-state index contributed by atoms with van der Waals surface area (Å²) < 4.78 is 44.3. The summed E-state index contributed by atoms with van der Waals surface area (Å²) in [5, 5.41) is 9.02. The number of hydrogen-bond acceptors (Lipinski definition) is 7. The van der Waals surface area contributed by atoms with Crippen LogP contribution < -0.4 is 10.7 Å². The van der Waals surface area contributed by atoms with Gasteiger partial charge in [0.25, 0.3) is 16.0 Å². The summed E-state index contributed by atoms with van der Waals surface area (Å²) in [6, 6.07) is 10.3. The molecule has 0 radical (unpaired) electrons. The van der Waals surface area contributed by atoms with E-state index in [1.54, 1.807) is 61.0 Å². The van der Waals surface area contributed by atoms with Gasteiger partial charge in [0.2, 0.25) is 5.91 Å². The number of carbonyl (C=O) groups excluding carboxylic acids is 2. The molecule has 224 valence electrons. The number of amides is 2. The first-order valence-corrected chi connectivity index (χ1v) is 15.2. The molecule has 10 nitrogen and oxygen atoms in total. The number of benzene rings is 2. The van der Waals surface area contributed by atoms with Crippen molar-refractivity contribution < 1.29 is 27.0 Å². The van der Waals surface area contributed by atoms with E-state index in [0.29, 0.717) is 17.0 Å². The molecule has 1 fully saturated rings. The zero-order chi connectivity index (χ0) is 30.9. The van der Waals surface area contributed by atoms with Crippen molar-refractivity contribution in [2.75, 3.05) is 7.05 Å². The average Bonchev–Trinajstić information content (AvgIpc) is 3.78. The highest BCUT2D eigenvalue weighted by atomic mass is 35.5. The van der Waals surface area contributed by atoms with Gasteiger partial charge in [-0.05, 0) is 56.2 Å². The van der Waals surface area contributed by atoms with Crippen molar-refractivity contribution in [1.82, 2.24) is 20.8 Å². The van der Waals surface area contributed by atoms with Gasteiger partial charge in [0.15, 0.2) is 0 Å². The molecule has 0 spiro atoms. The fourth-order valence-electron chi connectivity index (χ4n) is 4.60. The molecule has 2 amide bonds. The summed E-state index contributed by atoms with van der Waals surface area (Å²) in [5.41, 5.74) is 7.98. The van der Waals surface area contributed by atoms with Crippen LogP contribution in [0.25, 0.3) is 0 Å². The molecule has 2 aliphatic carbocycles. The monoisotopic (exact) mass is 625 g/mol. The first-order valence-electron chi connectivity index (χ1n) is 13.4. The number of nitrogens with one attached hydrogen (secondary N) is 2. The number of allylic oxidation sites excluding steroid dienone is 4. The molecule has 4 aliphatic rings. The Bertz CT molecular complexity index is 1740. The van der Waals surface area contributed by atoms with Gasteiger partial charge in [-0.2, -0.15) is 13.5 Å². The van der Waals surface area contributed by atoms with Crippen LogP contribution in [0.1, 0.15) is 40.7 Å². The van der Waals surface area contributed by atoms with Crippen LogP contribution in [0, 0.1) is 18.7 Å². The SMILES string of the molecule is CN1N=CC2=C(N1)C1=C(C2)N(C(=O)c2ccc(CNC(=O)C3CC3)c(F)c2)C=CC(Cl)=C1.Cc1ccc(S(=O)(=O)O)cc1. The Balaban J connectivity index is 0.000000283. The second kappa shape index (κ2) is 12.2. The molecule has 2 heterocycles. The summed E-state index contributed by atoms with van der Waals surface area (Å²) in [4.78, 5) is 26.6. The first kappa shape index (κ1) is 30.2. The number of nitrogens with zero attached hydrogens (tertiary/aromatic N) is 3. The van der Waals surface area contributed by atoms with Crippen molar-refractivity contribution in [3.05, 3.63) is 111 Å². The minimum absolute atomic E-state index is 0.0522. The van der Waals surface area contributed by atoms with E-state index in [2.05, 4.69) is 15.8 Å². The largest absolute Gasteiger partial charge is 0.352 e. The van der Waals surface area contributed by atoms with E-state index in [4.69, 9.17) is 16.2 Å². The van der Waals surface area contributed by atoms with Crippen molar-refractivity contribution in [2.24, 2.45) is 11.0 Å². The second-order valence-corrected chi connectivity index (χ2v) is 12.3. The number of hydrazone groups is 1. The quantitative estimate of drug-likeness (QED) is 0.416. The maximum absolute atomic E-state index is 14.7. The number of fused-ring (bicyclic) bond motifs is 1. The van der Waals surface area contributed by atoms with Gasteiger partial charge in [-0.15, -0.1) is 0 Å². The maximum atomic E-state index is 14.7. The molecule has 2 aliphatic heterocycles. The summed E-state index contributed by atoms with van der Waals surface area (Å²) in [6.07, 6.45) is 9.05. The van der Waals surface area contributed by atoms with Gasteiger partial charge in [-0.3, -0.25) is 24.5 Å². The zero-order valence-electron chi connectivity index (χ0n) is 23.3. The van der Waals surface area contributed by atoms with E-state index in [1.165, 1.54) is 23.1 Å². The number of rotatable bonds is 5. The molecule has 43 heavy (non-hydrogen) atoms. The summed E-state index contributed by atoms with van der Waals surface area (Å²) in [6.45, 7) is 1.94. The minimum atomic E-state index is -4.02. The first-order chi connectivity index (χ1) is 20.4. The average molecular weight is 626 g/mol. The highest BCUT2D eigenvalue weighted by molar-refractivity contribution is 7.85. The van der Waals surface area contributed by atoms with E-state index in [0.717, 1.165) is 40.9 Å². The van der Waals surface area contributed by atoms with Crippen molar-refractivity contribution >= 4 is 39.7 Å². The highest BCUT2D eigenvalue weighted by Crippen LogP contribution is 2.38. The van der Waals surface area contributed by atoms with Gasteiger partial charge in [0.05, 0.1) is 16.8 Å². The van der Waals surface area contributed by atoms with Crippen molar-refractivity contribution in [3.63, 3.8) is 0 Å². The van der Waals surface area contributed by atoms with Crippen LogP contribution in [0.5, 0.6) is 0 Å². The molecular weight excluding hydrogens is 597 g/mol. The van der Waals surface area contributed by atoms with E-state index in [9.17, 15) is 22.4 Å². The molecule has 0 aromatic heterocycles. The van der Waals surface area contributed by atoms with Crippen LogP contribution in [-0.2, 0) is 21.5 Å². The topological polar surface area (TPSA) is 131 Å². The molecule has 0 saturated heterocycles. The fraction of sp³-hybridized carbons (Fsp3) is 0.233. The smallest absolute Gasteiger partial charge is 0.294 e. The van der Waals surface area contributed by atoms with Gasteiger partial charge in [-0.25, -0.2) is 9.51 Å². The number of hydrazine groups is 1. The van der Waals surface area contributed by atoms with Gasteiger partial charge in [0.1, 0.15) is 5.82 Å². The molecule has 2 aromatic rings. The molecule has 3 N–H and O–H groups in total.